The number of amides is 4. The lowest BCUT2D eigenvalue weighted by Crippen LogP contribution is -2.56. The highest BCUT2D eigenvalue weighted by Crippen LogP contribution is 2.55. The van der Waals surface area contributed by atoms with E-state index in [-0.39, 0.29) is 24.3 Å². The average molecular weight is 557 g/mol. The highest BCUT2D eigenvalue weighted by atomic mass is 16.2. The standard InChI is InChI=1S/C34H28N4O4/c1-20-29-30(32(41)38(31(29)40)26-16-8-11-21-9-2-4-12-23(21)26)34(35-20)24-13-5-7-15-27(24)37(33(34)42)19-28(39)36-18-17-22-10-3-6-14-25(22)36/h2-16,20,29-30,35H,17-19H2,1H3. The Kier molecular flexibility index (Phi) is 5.25. The van der Waals surface area contributed by atoms with Gasteiger partial charge in [-0.05, 0) is 42.5 Å². The van der Waals surface area contributed by atoms with Crippen molar-refractivity contribution in [3.05, 3.63) is 102 Å². The maximum Gasteiger partial charge on any atom is 0.253 e. The average Bonchev–Trinajstić information content (AvgIpc) is 3.71. The lowest BCUT2D eigenvalue weighted by atomic mass is 9.76. The van der Waals surface area contributed by atoms with Crippen LogP contribution < -0.4 is 20.0 Å². The van der Waals surface area contributed by atoms with Crippen molar-refractivity contribution >= 4 is 51.5 Å². The van der Waals surface area contributed by atoms with Crippen molar-refractivity contribution in [1.29, 1.82) is 0 Å². The van der Waals surface area contributed by atoms with Crippen LogP contribution in [0.15, 0.2) is 91.0 Å². The van der Waals surface area contributed by atoms with Gasteiger partial charge >= 0.3 is 0 Å². The maximum absolute atomic E-state index is 14.6. The Morgan fingerprint density at radius 1 is 0.833 bits per heavy atom. The first kappa shape index (κ1) is 24.9. The Morgan fingerprint density at radius 2 is 1.52 bits per heavy atom. The number of hydrogen-bond acceptors (Lipinski definition) is 5. The number of carbonyl (C=O) groups is 4. The van der Waals surface area contributed by atoms with Crippen molar-refractivity contribution in [2.45, 2.75) is 24.9 Å². The third kappa shape index (κ3) is 3.15. The minimum atomic E-state index is -1.45. The van der Waals surface area contributed by atoms with Gasteiger partial charge in [-0.2, -0.15) is 0 Å². The van der Waals surface area contributed by atoms with Gasteiger partial charge in [-0.3, -0.25) is 24.5 Å². The number of para-hydroxylation sites is 2. The van der Waals surface area contributed by atoms with Crippen LogP contribution in [0, 0.1) is 11.8 Å². The summed E-state index contributed by atoms with van der Waals surface area (Å²) in [5.41, 5.74) is 2.27. The molecule has 1 spiro atoms. The molecule has 4 atom stereocenters. The number of imide groups is 1. The molecule has 208 valence electrons. The second kappa shape index (κ2) is 8.84. The number of hydrogen-bond donors (Lipinski definition) is 1. The van der Waals surface area contributed by atoms with Gasteiger partial charge in [0.1, 0.15) is 12.1 Å². The van der Waals surface area contributed by atoms with Crippen LogP contribution in [0.4, 0.5) is 17.1 Å². The number of nitrogens with zero attached hydrogens (tertiary/aromatic N) is 3. The molecular weight excluding hydrogens is 528 g/mol. The lowest BCUT2D eigenvalue weighted by Gasteiger charge is -2.30. The molecule has 8 rings (SSSR count). The van der Waals surface area contributed by atoms with Gasteiger partial charge in [-0.15, -0.1) is 0 Å². The van der Waals surface area contributed by atoms with E-state index in [2.05, 4.69) is 5.32 Å². The van der Waals surface area contributed by atoms with E-state index >= 15 is 0 Å². The summed E-state index contributed by atoms with van der Waals surface area (Å²) in [5, 5.41) is 5.13. The van der Waals surface area contributed by atoms with Gasteiger partial charge < -0.3 is 9.80 Å². The van der Waals surface area contributed by atoms with Gasteiger partial charge in [0.2, 0.25) is 17.7 Å². The topological polar surface area (TPSA) is 90.0 Å². The molecule has 4 unspecified atom stereocenters. The summed E-state index contributed by atoms with van der Waals surface area (Å²) >= 11 is 0. The summed E-state index contributed by atoms with van der Waals surface area (Å²) in [7, 11) is 0. The van der Waals surface area contributed by atoms with E-state index in [9.17, 15) is 19.2 Å². The summed E-state index contributed by atoms with van der Waals surface area (Å²) in [5.74, 6) is -2.94. The molecule has 4 aromatic rings. The predicted octanol–water partition coefficient (Wildman–Crippen LogP) is 3.77. The summed E-state index contributed by atoms with van der Waals surface area (Å²) < 4.78 is 0. The molecule has 0 saturated carbocycles. The maximum atomic E-state index is 14.6. The number of carbonyl (C=O) groups excluding carboxylic acids is 4. The monoisotopic (exact) mass is 556 g/mol. The number of fused-ring (bicyclic) bond motifs is 6. The number of nitrogens with one attached hydrogen (secondary N) is 1. The molecule has 8 heteroatoms. The Hall–Kier alpha value is -4.82. The van der Waals surface area contributed by atoms with Crippen LogP contribution in [0.1, 0.15) is 18.1 Å². The molecule has 0 aromatic heterocycles. The lowest BCUT2D eigenvalue weighted by molar-refractivity contribution is -0.132. The Bertz CT molecular complexity index is 1850. The molecule has 0 bridgehead atoms. The Morgan fingerprint density at radius 3 is 2.38 bits per heavy atom. The highest BCUT2D eigenvalue weighted by Gasteiger charge is 2.71. The normalized spacial score (nSPS) is 26.0. The second-order valence-electron chi connectivity index (χ2n) is 11.6. The van der Waals surface area contributed by atoms with E-state index in [0.29, 0.717) is 23.5 Å². The number of benzene rings is 4. The first-order chi connectivity index (χ1) is 20.4. The zero-order chi connectivity index (χ0) is 28.7. The molecular formula is C34H28N4O4. The fourth-order valence-corrected chi connectivity index (χ4v) is 7.72. The summed E-state index contributed by atoms with van der Waals surface area (Å²) in [6, 6.07) is 27.9. The quantitative estimate of drug-likeness (QED) is 0.388. The number of rotatable bonds is 3. The van der Waals surface area contributed by atoms with Crippen LogP contribution in [-0.2, 0) is 31.1 Å². The van der Waals surface area contributed by atoms with Crippen molar-refractivity contribution in [3.8, 4) is 0 Å². The van der Waals surface area contributed by atoms with E-state index in [4.69, 9.17) is 0 Å². The van der Waals surface area contributed by atoms with Crippen LogP contribution in [0.5, 0.6) is 0 Å². The first-order valence-corrected chi connectivity index (χ1v) is 14.3. The molecule has 42 heavy (non-hydrogen) atoms. The summed E-state index contributed by atoms with van der Waals surface area (Å²) in [4.78, 5) is 61.2. The van der Waals surface area contributed by atoms with Crippen molar-refractivity contribution in [1.82, 2.24) is 5.32 Å². The molecule has 2 fully saturated rings. The van der Waals surface area contributed by atoms with E-state index in [1.165, 1.54) is 9.80 Å². The highest BCUT2D eigenvalue weighted by molar-refractivity contribution is 6.28. The van der Waals surface area contributed by atoms with Gasteiger partial charge in [-0.25, -0.2) is 4.90 Å². The summed E-state index contributed by atoms with van der Waals surface area (Å²) in [6.45, 7) is 2.25. The van der Waals surface area contributed by atoms with Gasteiger partial charge in [0.25, 0.3) is 5.91 Å². The molecule has 0 aliphatic carbocycles. The van der Waals surface area contributed by atoms with Crippen molar-refractivity contribution in [3.63, 3.8) is 0 Å². The van der Waals surface area contributed by atoms with Gasteiger partial charge in [0, 0.05) is 34.9 Å². The third-order valence-electron chi connectivity index (χ3n) is 9.50. The van der Waals surface area contributed by atoms with E-state index < -0.39 is 29.3 Å². The minimum absolute atomic E-state index is 0.158. The first-order valence-electron chi connectivity index (χ1n) is 14.3. The van der Waals surface area contributed by atoms with Crippen molar-refractivity contribution < 1.29 is 19.2 Å². The van der Waals surface area contributed by atoms with Crippen LogP contribution in [0.25, 0.3) is 10.8 Å². The van der Waals surface area contributed by atoms with E-state index in [1.807, 2.05) is 91.9 Å². The molecule has 1 N–H and O–H groups in total. The molecule has 8 nitrogen and oxygen atoms in total. The third-order valence-corrected chi connectivity index (χ3v) is 9.50. The fourth-order valence-electron chi connectivity index (χ4n) is 7.72. The van der Waals surface area contributed by atoms with Crippen LogP contribution in [-0.4, -0.2) is 42.8 Å². The van der Waals surface area contributed by atoms with Gasteiger partial charge in [-0.1, -0.05) is 72.8 Å². The summed E-state index contributed by atoms with van der Waals surface area (Å²) in [6.07, 6.45) is 0.764. The Labute approximate surface area is 242 Å². The molecule has 4 amide bonds. The van der Waals surface area contributed by atoms with Gasteiger partial charge in [0.05, 0.1) is 17.5 Å². The van der Waals surface area contributed by atoms with Crippen LogP contribution in [0.3, 0.4) is 0 Å². The SMILES string of the molecule is CC1NC2(C(=O)N(CC(=O)N3CCc4ccccc43)c3ccccc32)C2C(=O)N(c3cccc4ccccc34)C(=O)C12. The molecule has 0 radical (unpaired) electrons. The molecule has 4 aromatic carbocycles. The molecule has 4 aliphatic rings. The fraction of sp³-hybridized carbons (Fsp3) is 0.235. The van der Waals surface area contributed by atoms with Gasteiger partial charge in [0.15, 0.2) is 0 Å². The van der Waals surface area contributed by atoms with Crippen LogP contribution in [0.2, 0.25) is 0 Å². The predicted molar refractivity (Wildman–Crippen MR) is 159 cm³/mol. The molecule has 4 heterocycles. The second-order valence-corrected chi connectivity index (χ2v) is 11.6. The van der Waals surface area contributed by atoms with Crippen LogP contribution >= 0.6 is 0 Å². The van der Waals surface area contributed by atoms with E-state index in [1.54, 1.807) is 11.0 Å². The van der Waals surface area contributed by atoms with E-state index in [0.717, 1.165) is 28.4 Å². The Balaban J connectivity index is 1.20. The molecule has 4 aliphatic heterocycles. The largest absolute Gasteiger partial charge is 0.310 e. The van der Waals surface area contributed by atoms with Crippen molar-refractivity contribution in [2.75, 3.05) is 27.8 Å². The minimum Gasteiger partial charge on any atom is -0.310 e. The van der Waals surface area contributed by atoms with Crippen molar-refractivity contribution in [2.24, 2.45) is 11.8 Å². The molecule has 2 saturated heterocycles. The zero-order valence-electron chi connectivity index (χ0n) is 23.0. The smallest absolute Gasteiger partial charge is 0.253 e. The zero-order valence-corrected chi connectivity index (χ0v) is 23.0. The number of anilines is 3.